The maximum absolute atomic E-state index is 5.96. The van der Waals surface area contributed by atoms with Crippen LogP contribution in [0.3, 0.4) is 0 Å². The number of hydrogen-bond donors (Lipinski definition) is 0. The molecule has 1 atom stereocenters. The van der Waals surface area contributed by atoms with Gasteiger partial charge in [0.2, 0.25) is 0 Å². The molecule has 0 N–H and O–H groups in total. The third kappa shape index (κ3) is 1.79. The molecule has 3 heteroatoms. The number of benzene rings is 1. The van der Waals surface area contributed by atoms with Gasteiger partial charge in [0.05, 0.1) is 0 Å². The van der Waals surface area contributed by atoms with Crippen LogP contribution >= 0.6 is 11.6 Å². The number of hydrogen-bond acceptors (Lipinski definition) is 2. The topological polar surface area (TPSA) is 16.1 Å². The Bertz CT molecular complexity index is 553. The first-order chi connectivity index (χ1) is 8.25. The zero-order chi connectivity index (χ0) is 11.8. The SMILES string of the molecule is CC1Cc2ccccc2N1c1ccnc(Cl)c1. The highest BCUT2D eigenvalue weighted by Gasteiger charge is 2.26. The number of halogens is 1. The molecule has 0 aliphatic carbocycles. The smallest absolute Gasteiger partial charge is 0.131 e. The molecule has 2 nitrogen and oxygen atoms in total. The van der Waals surface area contributed by atoms with Gasteiger partial charge in [0, 0.05) is 23.6 Å². The fourth-order valence-electron chi connectivity index (χ4n) is 2.50. The number of pyridine rings is 1. The molecule has 0 bridgehead atoms. The molecule has 0 radical (unpaired) electrons. The van der Waals surface area contributed by atoms with Crippen LogP contribution in [0.1, 0.15) is 12.5 Å². The van der Waals surface area contributed by atoms with E-state index in [2.05, 4.69) is 41.1 Å². The van der Waals surface area contributed by atoms with E-state index in [1.165, 1.54) is 11.3 Å². The highest BCUT2D eigenvalue weighted by atomic mass is 35.5. The van der Waals surface area contributed by atoms with Gasteiger partial charge in [-0.3, -0.25) is 0 Å². The summed E-state index contributed by atoms with van der Waals surface area (Å²) in [6, 6.07) is 12.9. The molecule has 1 aliphatic rings. The molecular formula is C14H13ClN2. The van der Waals surface area contributed by atoms with Gasteiger partial charge < -0.3 is 4.90 Å². The molecule has 86 valence electrons. The van der Waals surface area contributed by atoms with Gasteiger partial charge in [-0.2, -0.15) is 0 Å². The van der Waals surface area contributed by atoms with E-state index in [0.29, 0.717) is 11.2 Å². The van der Waals surface area contributed by atoms with Crippen LogP contribution in [0, 0.1) is 0 Å². The van der Waals surface area contributed by atoms with E-state index in [0.717, 1.165) is 12.1 Å². The van der Waals surface area contributed by atoms with Crippen molar-refractivity contribution in [3.05, 3.63) is 53.3 Å². The Morgan fingerprint density at radius 1 is 1.29 bits per heavy atom. The van der Waals surface area contributed by atoms with Crippen LogP contribution in [0.25, 0.3) is 0 Å². The van der Waals surface area contributed by atoms with Gasteiger partial charge in [-0.05, 0) is 37.1 Å². The van der Waals surface area contributed by atoms with Crippen molar-refractivity contribution in [1.29, 1.82) is 0 Å². The van der Waals surface area contributed by atoms with Gasteiger partial charge in [-0.15, -0.1) is 0 Å². The number of nitrogens with zero attached hydrogens (tertiary/aromatic N) is 2. The van der Waals surface area contributed by atoms with E-state index in [-0.39, 0.29) is 0 Å². The minimum absolute atomic E-state index is 0.464. The lowest BCUT2D eigenvalue weighted by atomic mass is 10.1. The number of para-hydroxylation sites is 1. The van der Waals surface area contributed by atoms with Gasteiger partial charge in [0.1, 0.15) is 5.15 Å². The second-order valence-corrected chi connectivity index (χ2v) is 4.78. The van der Waals surface area contributed by atoms with Gasteiger partial charge in [-0.25, -0.2) is 4.98 Å². The Labute approximate surface area is 106 Å². The molecular weight excluding hydrogens is 232 g/mol. The Morgan fingerprint density at radius 3 is 2.94 bits per heavy atom. The average molecular weight is 245 g/mol. The predicted octanol–water partition coefficient (Wildman–Crippen LogP) is 3.82. The van der Waals surface area contributed by atoms with Crippen molar-refractivity contribution in [3.63, 3.8) is 0 Å². The molecule has 0 saturated carbocycles. The average Bonchev–Trinajstić information content (AvgIpc) is 2.64. The number of aromatic nitrogens is 1. The standard InChI is InChI=1S/C14H13ClN2/c1-10-8-11-4-2-3-5-13(11)17(10)12-6-7-16-14(15)9-12/h2-7,9-10H,8H2,1H3. The van der Waals surface area contributed by atoms with Crippen molar-refractivity contribution in [1.82, 2.24) is 4.98 Å². The number of fused-ring (bicyclic) bond motifs is 1. The molecule has 2 aromatic rings. The maximum Gasteiger partial charge on any atom is 0.131 e. The highest BCUT2D eigenvalue weighted by molar-refractivity contribution is 6.29. The Balaban J connectivity index is 2.09. The molecule has 0 spiro atoms. The largest absolute Gasteiger partial charge is 0.338 e. The summed E-state index contributed by atoms with van der Waals surface area (Å²) in [5, 5.41) is 0.541. The molecule has 0 fully saturated rings. The van der Waals surface area contributed by atoms with Crippen molar-refractivity contribution >= 4 is 23.0 Å². The van der Waals surface area contributed by atoms with Crippen molar-refractivity contribution in [3.8, 4) is 0 Å². The first kappa shape index (κ1) is 10.6. The zero-order valence-electron chi connectivity index (χ0n) is 9.60. The predicted molar refractivity (Wildman–Crippen MR) is 71.0 cm³/mol. The van der Waals surface area contributed by atoms with E-state index >= 15 is 0 Å². The van der Waals surface area contributed by atoms with E-state index in [1.807, 2.05) is 12.1 Å². The van der Waals surface area contributed by atoms with Gasteiger partial charge in [0.15, 0.2) is 0 Å². The van der Waals surface area contributed by atoms with Crippen molar-refractivity contribution in [2.24, 2.45) is 0 Å². The minimum atomic E-state index is 0.464. The third-order valence-electron chi connectivity index (χ3n) is 3.20. The third-order valence-corrected chi connectivity index (χ3v) is 3.40. The zero-order valence-corrected chi connectivity index (χ0v) is 10.4. The van der Waals surface area contributed by atoms with Crippen LogP contribution in [-0.4, -0.2) is 11.0 Å². The Hall–Kier alpha value is -1.54. The van der Waals surface area contributed by atoms with Crippen LogP contribution in [0.15, 0.2) is 42.6 Å². The summed E-state index contributed by atoms with van der Waals surface area (Å²) in [4.78, 5) is 6.35. The van der Waals surface area contributed by atoms with E-state index in [9.17, 15) is 0 Å². The second kappa shape index (κ2) is 4.04. The maximum atomic E-state index is 5.96. The number of rotatable bonds is 1. The molecule has 2 heterocycles. The van der Waals surface area contributed by atoms with Crippen molar-refractivity contribution in [2.45, 2.75) is 19.4 Å². The van der Waals surface area contributed by atoms with Crippen molar-refractivity contribution < 1.29 is 0 Å². The summed E-state index contributed by atoms with van der Waals surface area (Å²) in [5.74, 6) is 0. The lowest BCUT2D eigenvalue weighted by Crippen LogP contribution is -2.23. The van der Waals surface area contributed by atoms with Gasteiger partial charge in [0.25, 0.3) is 0 Å². The molecule has 1 aromatic heterocycles. The van der Waals surface area contributed by atoms with E-state index in [1.54, 1.807) is 6.20 Å². The summed E-state index contributed by atoms with van der Waals surface area (Å²) >= 11 is 5.96. The quantitative estimate of drug-likeness (QED) is 0.709. The Morgan fingerprint density at radius 2 is 2.12 bits per heavy atom. The summed E-state index contributed by atoms with van der Waals surface area (Å²) < 4.78 is 0. The summed E-state index contributed by atoms with van der Waals surface area (Å²) in [6.45, 7) is 2.23. The normalized spacial score (nSPS) is 18.2. The molecule has 17 heavy (non-hydrogen) atoms. The van der Waals surface area contributed by atoms with Crippen LogP contribution in [-0.2, 0) is 6.42 Å². The monoisotopic (exact) mass is 244 g/mol. The van der Waals surface area contributed by atoms with Gasteiger partial charge >= 0.3 is 0 Å². The molecule has 3 rings (SSSR count). The first-order valence-corrected chi connectivity index (χ1v) is 6.12. The first-order valence-electron chi connectivity index (χ1n) is 5.74. The van der Waals surface area contributed by atoms with E-state index in [4.69, 9.17) is 11.6 Å². The van der Waals surface area contributed by atoms with Crippen LogP contribution < -0.4 is 4.90 Å². The molecule has 1 aromatic carbocycles. The summed E-state index contributed by atoms with van der Waals surface area (Å²) in [6.07, 6.45) is 2.83. The van der Waals surface area contributed by atoms with E-state index < -0.39 is 0 Å². The minimum Gasteiger partial charge on any atom is -0.338 e. The van der Waals surface area contributed by atoms with Crippen LogP contribution in [0.2, 0.25) is 5.15 Å². The fourth-order valence-corrected chi connectivity index (χ4v) is 2.67. The summed E-state index contributed by atoms with van der Waals surface area (Å²) in [7, 11) is 0. The van der Waals surface area contributed by atoms with Crippen LogP contribution in [0.4, 0.5) is 11.4 Å². The summed E-state index contributed by atoms with van der Waals surface area (Å²) in [5.41, 5.74) is 3.79. The second-order valence-electron chi connectivity index (χ2n) is 4.39. The lowest BCUT2D eigenvalue weighted by Gasteiger charge is -2.24. The lowest BCUT2D eigenvalue weighted by molar-refractivity contribution is 0.758. The van der Waals surface area contributed by atoms with Gasteiger partial charge in [-0.1, -0.05) is 29.8 Å². The molecule has 1 aliphatic heterocycles. The molecule has 0 saturated heterocycles. The van der Waals surface area contributed by atoms with Crippen molar-refractivity contribution in [2.75, 3.05) is 4.90 Å². The fraction of sp³-hybridized carbons (Fsp3) is 0.214. The Kier molecular flexibility index (Phi) is 2.52. The molecule has 0 amide bonds. The van der Waals surface area contributed by atoms with Crippen LogP contribution in [0.5, 0.6) is 0 Å². The highest BCUT2D eigenvalue weighted by Crippen LogP contribution is 2.38. The molecule has 1 unspecified atom stereocenters. The number of anilines is 2.